The topological polar surface area (TPSA) is 121 Å². The average Bonchev–Trinajstić information content (AvgIpc) is 1.25. The number of hydrogen-bond donors (Lipinski definition) is 2. The second-order valence-electron chi connectivity index (χ2n) is 0.532. The van der Waals surface area contributed by atoms with Gasteiger partial charge in [0.15, 0.2) is 0 Å². The summed E-state index contributed by atoms with van der Waals surface area (Å²) in [5.74, 6) is 0. The van der Waals surface area contributed by atoms with Crippen molar-refractivity contribution in [2.75, 3.05) is 0 Å². The van der Waals surface area contributed by atoms with Crippen LogP contribution in [0.1, 0.15) is 0 Å². The molecule has 0 spiro atoms. The molecule has 7 heteroatoms. The van der Waals surface area contributed by atoms with Gasteiger partial charge in [0.1, 0.15) is 0 Å². The van der Waals surface area contributed by atoms with E-state index in [0.29, 0.717) is 0 Å². The molecule has 0 aliphatic rings. The van der Waals surface area contributed by atoms with Crippen LogP contribution in [0.15, 0.2) is 0 Å². The average molecular weight is 209 g/mol. The summed E-state index contributed by atoms with van der Waals surface area (Å²) in [6.45, 7) is 0. The van der Waals surface area contributed by atoms with Crippen LogP contribution in [0.25, 0.3) is 0 Å². The van der Waals surface area contributed by atoms with E-state index in [0.717, 1.165) is 0 Å². The maximum atomic E-state index is 8.44. The Hall–Kier alpha value is 0.0205. The van der Waals surface area contributed by atoms with Crippen molar-refractivity contribution in [2.24, 2.45) is 0 Å². The first-order valence-corrected chi connectivity index (χ1v) is 1.26. The molecule has 0 bridgehead atoms. The molecule has 0 amide bonds. The van der Waals surface area contributed by atoms with Crippen molar-refractivity contribution < 1.29 is 30.0 Å². The molecule has 0 fully saturated rings. The van der Waals surface area contributed by atoms with Crippen molar-refractivity contribution in [2.45, 2.75) is 0 Å². The molecule has 0 rings (SSSR count). The Bertz CT molecular complexity index is 69.1. The fourth-order valence-electron chi connectivity index (χ4n) is 0. The third kappa shape index (κ3) is 690000. The molecule has 0 saturated heterocycles. The van der Waals surface area contributed by atoms with Crippen molar-refractivity contribution in [3.05, 3.63) is 0 Å². The quantitative estimate of drug-likeness (QED) is 0.421. The first kappa shape index (κ1) is 16.0. The maximum Gasteiger partial charge on any atom is 2.00 e. The molecule has 9 heavy (non-hydrogen) atoms. The van der Waals surface area contributed by atoms with Crippen LogP contribution in [-0.4, -0.2) is 68.0 Å². The smallest absolute Gasteiger partial charge is 0.565 e. The molecule has 48 valence electrons. The molecule has 2 N–H and O–H groups in total. The first-order chi connectivity index (χ1) is 3.46. The van der Waals surface area contributed by atoms with Crippen LogP contribution >= 0.6 is 0 Å². The van der Waals surface area contributed by atoms with Gasteiger partial charge >= 0.3 is 45.5 Å². The van der Waals surface area contributed by atoms with Gasteiger partial charge in [-0.15, -0.1) is 0 Å². The number of hydrogen-bond acceptors (Lipinski definition) is 4. The molecule has 0 saturated carbocycles. The minimum atomic E-state index is -2.08. The predicted molar refractivity (Wildman–Crippen MR) is 21.8 cm³/mol. The number of carboxylic acid groups (broad SMARTS) is 4. The van der Waals surface area contributed by atoms with Gasteiger partial charge < -0.3 is 30.0 Å². The summed E-state index contributed by atoms with van der Waals surface area (Å²) >= 11 is 0. The van der Waals surface area contributed by atoms with Gasteiger partial charge in [-0.25, -0.2) is 0 Å². The van der Waals surface area contributed by atoms with Gasteiger partial charge in [0, 0.05) is 0 Å². The zero-order valence-corrected chi connectivity index (χ0v) is 7.71. The van der Waals surface area contributed by atoms with E-state index < -0.39 is 12.3 Å². The summed E-state index contributed by atoms with van der Waals surface area (Å²) in [5.41, 5.74) is 0. The van der Waals surface area contributed by atoms with Crippen LogP contribution in [-0.2, 0) is 0 Å². The molecule has 0 heterocycles. The molecule has 6 nitrogen and oxygen atoms in total. The largest absolute Gasteiger partial charge is 2.00 e. The van der Waals surface area contributed by atoms with Crippen LogP contribution in [0.4, 0.5) is 9.59 Å². The fraction of sp³-hybridized carbons (Fsp3) is 0. The third-order valence-corrected chi connectivity index (χ3v) is 0. The monoisotopic (exact) mass is 209 g/mol. The summed E-state index contributed by atoms with van der Waals surface area (Å²) < 4.78 is 0. The number of carbonyl (C=O) groups is 2. The fourth-order valence-corrected chi connectivity index (χ4v) is 0. The molecule has 0 aromatic heterocycles. The molecule has 0 radical (unpaired) electrons. The Morgan fingerprint density at radius 1 is 1.00 bits per heavy atom. The van der Waals surface area contributed by atoms with Crippen LogP contribution in [0.2, 0.25) is 0 Å². The van der Waals surface area contributed by atoms with Gasteiger partial charge in [-0.05, 0) is 0 Å². The van der Waals surface area contributed by atoms with Crippen molar-refractivity contribution in [3.8, 4) is 0 Å². The minimum Gasteiger partial charge on any atom is -0.565 e. The third-order valence-electron chi connectivity index (χ3n) is 0. The van der Waals surface area contributed by atoms with E-state index in [2.05, 4.69) is 0 Å². The van der Waals surface area contributed by atoms with E-state index in [9.17, 15) is 0 Å². The van der Waals surface area contributed by atoms with E-state index >= 15 is 0 Å². The van der Waals surface area contributed by atoms with E-state index in [4.69, 9.17) is 30.0 Å². The summed E-state index contributed by atoms with van der Waals surface area (Å²) in [6.07, 6.45) is -4.17. The van der Waals surface area contributed by atoms with Gasteiger partial charge in [-0.1, -0.05) is 0 Å². The van der Waals surface area contributed by atoms with Gasteiger partial charge in [0.05, 0.1) is 0 Å². The van der Waals surface area contributed by atoms with Crippen LogP contribution in [0.5, 0.6) is 0 Å². The Labute approximate surface area is 87.0 Å². The predicted octanol–water partition coefficient (Wildman–Crippen LogP) is -2.61. The summed E-state index contributed by atoms with van der Waals surface area (Å²) in [5, 5.41) is 30.6. The van der Waals surface area contributed by atoms with Crippen LogP contribution in [0.3, 0.4) is 0 Å². The Morgan fingerprint density at radius 2 is 1.00 bits per heavy atom. The second-order valence-corrected chi connectivity index (χ2v) is 0.532. The van der Waals surface area contributed by atoms with Crippen LogP contribution in [0, 0.1) is 0 Å². The summed E-state index contributed by atoms with van der Waals surface area (Å²) in [6, 6.07) is 0. The molecule has 0 aromatic carbocycles. The van der Waals surface area contributed by atoms with E-state index in [1.807, 2.05) is 0 Å². The van der Waals surface area contributed by atoms with Gasteiger partial charge in [-0.3, -0.25) is 0 Å². The molecule has 0 aliphatic carbocycles. The Kier molecular flexibility index (Phi) is 19.4. The van der Waals surface area contributed by atoms with E-state index in [1.165, 1.54) is 0 Å². The Balaban J connectivity index is -0.0000000720. The molecule has 0 atom stereocenters. The van der Waals surface area contributed by atoms with Gasteiger partial charge in [-0.2, -0.15) is 0 Å². The zero-order valence-electron chi connectivity index (χ0n) is 4.23. The van der Waals surface area contributed by atoms with Gasteiger partial charge in [0.2, 0.25) is 12.3 Å². The molecular formula is C2H2O6Sr. The van der Waals surface area contributed by atoms with Crippen LogP contribution < -0.4 is 10.2 Å². The molecule has 0 aromatic rings. The molecule has 0 aliphatic heterocycles. The first-order valence-electron chi connectivity index (χ1n) is 1.26. The zero-order chi connectivity index (χ0) is 7.15. The van der Waals surface area contributed by atoms with Gasteiger partial charge in [0.25, 0.3) is 0 Å². The number of rotatable bonds is 0. The summed E-state index contributed by atoms with van der Waals surface area (Å²) in [4.78, 5) is 16.9. The van der Waals surface area contributed by atoms with Crippen molar-refractivity contribution in [3.63, 3.8) is 0 Å². The van der Waals surface area contributed by atoms with E-state index in [-0.39, 0.29) is 45.5 Å². The van der Waals surface area contributed by atoms with Crippen molar-refractivity contribution >= 4 is 57.8 Å². The molecule has 0 unspecified atom stereocenters. The van der Waals surface area contributed by atoms with E-state index in [1.54, 1.807) is 0 Å². The van der Waals surface area contributed by atoms with Crippen molar-refractivity contribution in [1.82, 2.24) is 0 Å². The minimum absolute atomic E-state index is 0. The standard InChI is InChI=1S/2CH2O3.Sr/c2*2-1(3)4;/h2*(H2,2,3,4);/q;;+2/p-2/i;;1-1. The SMILES string of the molecule is O=C([O-])O.O=C([O-])O.[87Sr+2]. The molecular weight excluding hydrogens is 207 g/mol. The second kappa shape index (κ2) is 10.9. The maximum absolute atomic E-state index is 8.44. The Morgan fingerprint density at radius 3 is 1.00 bits per heavy atom. The summed E-state index contributed by atoms with van der Waals surface area (Å²) in [7, 11) is 0. The normalized spacial score (nSPS) is 5.33. The van der Waals surface area contributed by atoms with Crippen molar-refractivity contribution in [1.29, 1.82) is 0 Å².